The van der Waals surface area contributed by atoms with Crippen molar-refractivity contribution in [2.24, 2.45) is 16.5 Å². The van der Waals surface area contributed by atoms with Gasteiger partial charge in [-0.3, -0.25) is 4.99 Å². The van der Waals surface area contributed by atoms with E-state index in [1.54, 1.807) is 0 Å². The maximum Gasteiger partial charge on any atom is 0.432 e. The number of hydrogen-bond donors (Lipinski definition) is 2. The van der Waals surface area contributed by atoms with Crippen molar-refractivity contribution < 1.29 is 13.2 Å². The Bertz CT molecular complexity index is 275. The largest absolute Gasteiger partial charge is 0.432 e. The molecule has 0 aromatic rings. The molecule has 0 fully saturated rings. The fourth-order valence-corrected chi connectivity index (χ4v) is 0.870. The Morgan fingerprint density at radius 3 is 2.46 bits per heavy atom. The number of hydrogen-bond acceptors (Lipinski definition) is 3. The molecule has 1 aliphatic rings. The van der Waals surface area contributed by atoms with Gasteiger partial charge in [-0.1, -0.05) is 0 Å². The molecule has 0 amide bonds. The van der Waals surface area contributed by atoms with Crippen LogP contribution < -0.4 is 11.5 Å². The van der Waals surface area contributed by atoms with Crippen molar-refractivity contribution >= 4 is 5.71 Å². The van der Waals surface area contributed by atoms with Gasteiger partial charge in [0.2, 0.25) is 0 Å². The molecule has 1 unspecified atom stereocenters. The van der Waals surface area contributed by atoms with Crippen molar-refractivity contribution in [2.45, 2.75) is 18.6 Å². The summed E-state index contributed by atoms with van der Waals surface area (Å²) in [6.07, 6.45) is -3.66. The minimum absolute atomic E-state index is 0.00910. The molecule has 1 atom stereocenters. The van der Waals surface area contributed by atoms with Gasteiger partial charge in [-0.2, -0.15) is 13.2 Å². The first-order chi connectivity index (χ1) is 5.73. The van der Waals surface area contributed by atoms with E-state index >= 15 is 0 Å². The predicted octanol–water partition coefficient (Wildman–Crippen LogP) is 0.563. The molecule has 3 nitrogen and oxygen atoms in total. The lowest BCUT2D eigenvalue weighted by atomic mass is 9.96. The fraction of sp³-hybridized carbons (Fsp3) is 0.571. The van der Waals surface area contributed by atoms with Gasteiger partial charge in [0.1, 0.15) is 5.71 Å². The number of allylic oxidation sites excluding steroid dienone is 1. The van der Waals surface area contributed by atoms with E-state index in [4.69, 9.17) is 11.5 Å². The fourth-order valence-electron chi connectivity index (χ4n) is 0.870. The summed E-state index contributed by atoms with van der Waals surface area (Å²) in [6.45, 7) is 1.40. The molecule has 1 heterocycles. The Morgan fingerprint density at radius 1 is 1.54 bits per heavy atom. The van der Waals surface area contributed by atoms with E-state index in [2.05, 4.69) is 4.99 Å². The maximum absolute atomic E-state index is 12.1. The van der Waals surface area contributed by atoms with Crippen molar-refractivity contribution in [3.8, 4) is 0 Å². The first-order valence-electron chi connectivity index (χ1n) is 3.62. The first kappa shape index (κ1) is 10.0. The summed E-state index contributed by atoms with van der Waals surface area (Å²) in [7, 11) is 0. The van der Waals surface area contributed by atoms with E-state index in [0.717, 1.165) is 6.08 Å². The highest BCUT2D eigenvalue weighted by Crippen LogP contribution is 2.23. The van der Waals surface area contributed by atoms with Crippen LogP contribution in [0.2, 0.25) is 0 Å². The summed E-state index contributed by atoms with van der Waals surface area (Å²) >= 11 is 0. The standard InChI is InChI=1S/C7H10F3N3/c1-6(12)3-13-5(2-4(6)11)7(8,9)10/h2H,3,11-12H2,1H3. The van der Waals surface area contributed by atoms with Crippen LogP contribution in [-0.2, 0) is 0 Å². The molecule has 1 rings (SSSR count). The van der Waals surface area contributed by atoms with Crippen LogP contribution in [0.15, 0.2) is 16.8 Å². The van der Waals surface area contributed by atoms with E-state index in [-0.39, 0.29) is 12.2 Å². The van der Waals surface area contributed by atoms with Crippen LogP contribution in [0.3, 0.4) is 0 Å². The van der Waals surface area contributed by atoms with Crippen molar-refractivity contribution in [1.29, 1.82) is 0 Å². The zero-order chi connectivity index (χ0) is 10.3. The van der Waals surface area contributed by atoms with Crippen molar-refractivity contribution in [3.63, 3.8) is 0 Å². The summed E-state index contributed by atoms with van der Waals surface area (Å²) < 4.78 is 36.3. The zero-order valence-corrected chi connectivity index (χ0v) is 7.02. The van der Waals surface area contributed by atoms with Gasteiger partial charge in [0.15, 0.2) is 0 Å². The van der Waals surface area contributed by atoms with Crippen LogP contribution in [0.1, 0.15) is 6.92 Å². The third-order valence-electron chi connectivity index (χ3n) is 1.82. The molecular weight excluding hydrogens is 183 g/mol. The van der Waals surface area contributed by atoms with Gasteiger partial charge in [0.25, 0.3) is 0 Å². The van der Waals surface area contributed by atoms with Gasteiger partial charge < -0.3 is 11.5 Å². The van der Waals surface area contributed by atoms with E-state index in [1.165, 1.54) is 6.92 Å². The number of dihydropyridines is 1. The van der Waals surface area contributed by atoms with E-state index in [1.807, 2.05) is 0 Å². The maximum atomic E-state index is 12.1. The van der Waals surface area contributed by atoms with Crippen molar-refractivity contribution in [2.75, 3.05) is 6.54 Å². The molecule has 0 saturated carbocycles. The monoisotopic (exact) mass is 193 g/mol. The Labute approximate surface area is 73.3 Å². The molecule has 6 heteroatoms. The lowest BCUT2D eigenvalue weighted by Crippen LogP contribution is -2.48. The van der Waals surface area contributed by atoms with E-state index in [0.29, 0.717) is 0 Å². The molecule has 0 aromatic heterocycles. The van der Waals surface area contributed by atoms with Crippen LogP contribution in [0.5, 0.6) is 0 Å². The lowest BCUT2D eigenvalue weighted by Gasteiger charge is -2.27. The number of halogens is 3. The van der Waals surface area contributed by atoms with Gasteiger partial charge >= 0.3 is 6.18 Å². The summed E-state index contributed by atoms with van der Waals surface area (Å²) in [4.78, 5) is 3.31. The third kappa shape index (κ3) is 2.00. The van der Waals surface area contributed by atoms with Gasteiger partial charge in [0.05, 0.1) is 12.1 Å². The van der Waals surface area contributed by atoms with Gasteiger partial charge in [-0.15, -0.1) is 0 Å². The Hall–Kier alpha value is -1.04. The molecular formula is C7H10F3N3. The lowest BCUT2D eigenvalue weighted by molar-refractivity contribution is -0.0581. The number of aliphatic imine (C=N–C) groups is 1. The minimum atomic E-state index is -4.44. The normalized spacial score (nSPS) is 29.6. The third-order valence-corrected chi connectivity index (χ3v) is 1.82. The average Bonchev–Trinajstić information content (AvgIpc) is 1.92. The second kappa shape index (κ2) is 2.73. The van der Waals surface area contributed by atoms with E-state index in [9.17, 15) is 13.2 Å². The smallest absolute Gasteiger partial charge is 0.400 e. The number of nitrogens with two attached hydrogens (primary N) is 2. The Balaban J connectivity index is 2.95. The highest BCUT2D eigenvalue weighted by molar-refractivity contribution is 6.00. The molecule has 0 saturated heterocycles. The van der Waals surface area contributed by atoms with Crippen LogP contribution in [-0.4, -0.2) is 24.0 Å². The predicted molar refractivity (Wildman–Crippen MR) is 43.2 cm³/mol. The quantitative estimate of drug-likeness (QED) is 0.590. The van der Waals surface area contributed by atoms with Gasteiger partial charge in [-0.05, 0) is 13.0 Å². The molecule has 0 aliphatic carbocycles. The summed E-state index contributed by atoms with van der Waals surface area (Å²) in [5.74, 6) is 0. The van der Waals surface area contributed by atoms with E-state index < -0.39 is 17.4 Å². The summed E-state index contributed by atoms with van der Waals surface area (Å²) in [6, 6.07) is 0. The molecule has 4 N–H and O–H groups in total. The van der Waals surface area contributed by atoms with Crippen LogP contribution in [0.25, 0.3) is 0 Å². The highest BCUT2D eigenvalue weighted by Gasteiger charge is 2.38. The molecule has 0 bridgehead atoms. The Morgan fingerprint density at radius 2 is 2.08 bits per heavy atom. The summed E-state index contributed by atoms with van der Waals surface area (Å²) in [5, 5.41) is 0. The topological polar surface area (TPSA) is 64.4 Å². The molecule has 1 aliphatic heterocycles. The number of alkyl halides is 3. The number of nitrogens with zero attached hydrogens (tertiary/aromatic N) is 1. The van der Waals surface area contributed by atoms with Crippen LogP contribution in [0.4, 0.5) is 13.2 Å². The SMILES string of the molecule is CC1(N)CN=C(C(F)(F)F)C=C1N. The average molecular weight is 193 g/mol. The second-order valence-corrected chi connectivity index (χ2v) is 3.22. The molecule has 0 aromatic carbocycles. The van der Waals surface area contributed by atoms with Crippen LogP contribution in [0, 0.1) is 0 Å². The van der Waals surface area contributed by atoms with Crippen LogP contribution >= 0.6 is 0 Å². The second-order valence-electron chi connectivity index (χ2n) is 3.22. The van der Waals surface area contributed by atoms with Gasteiger partial charge in [0, 0.05) is 5.70 Å². The zero-order valence-electron chi connectivity index (χ0n) is 7.02. The molecule has 13 heavy (non-hydrogen) atoms. The van der Waals surface area contributed by atoms with Crippen molar-refractivity contribution in [3.05, 3.63) is 11.8 Å². The number of rotatable bonds is 0. The minimum Gasteiger partial charge on any atom is -0.400 e. The molecule has 74 valence electrons. The molecule has 0 radical (unpaired) electrons. The van der Waals surface area contributed by atoms with Crippen molar-refractivity contribution in [1.82, 2.24) is 0 Å². The Kier molecular flexibility index (Phi) is 2.11. The first-order valence-corrected chi connectivity index (χ1v) is 3.62. The molecule has 0 spiro atoms. The summed E-state index contributed by atoms with van der Waals surface area (Å²) in [5.41, 5.74) is 8.99. The van der Waals surface area contributed by atoms with Gasteiger partial charge in [-0.25, -0.2) is 0 Å². The highest BCUT2D eigenvalue weighted by atomic mass is 19.4.